The van der Waals surface area contributed by atoms with Crippen molar-refractivity contribution in [3.05, 3.63) is 59.7 Å². The Balaban J connectivity index is 1.81. The molecule has 1 nitrogen and oxygen atoms in total. The highest BCUT2D eigenvalue weighted by atomic mass is 32.2. The smallest absolute Gasteiger partial charge is 0.0208 e. The molecule has 0 aliphatic heterocycles. The molecule has 0 spiro atoms. The lowest BCUT2D eigenvalue weighted by atomic mass is 10.2. The highest BCUT2D eigenvalue weighted by Crippen LogP contribution is 2.16. The molecule has 0 atom stereocenters. The summed E-state index contributed by atoms with van der Waals surface area (Å²) in [7, 11) is 0. The molecule has 2 aromatic rings. The highest BCUT2D eigenvalue weighted by Gasteiger charge is 1.96. The van der Waals surface area contributed by atoms with Crippen LogP contribution in [0.3, 0.4) is 0 Å². The van der Waals surface area contributed by atoms with E-state index in [1.54, 1.807) is 23.5 Å². The number of nitrogens with one attached hydrogen (secondary N) is 1. The Hall–Kier alpha value is -0.900. The maximum atomic E-state index is 3.48. The van der Waals surface area contributed by atoms with Crippen LogP contribution >= 0.6 is 23.5 Å². The molecule has 0 heterocycles. The molecule has 2 aromatic carbocycles. The molecule has 3 heteroatoms. The van der Waals surface area contributed by atoms with E-state index in [0.717, 1.165) is 13.1 Å². The summed E-state index contributed by atoms with van der Waals surface area (Å²) in [5.41, 5.74) is 2.66. The van der Waals surface area contributed by atoms with Gasteiger partial charge in [0.25, 0.3) is 0 Å². The topological polar surface area (TPSA) is 12.0 Å². The van der Waals surface area contributed by atoms with Gasteiger partial charge in [0, 0.05) is 22.9 Å². The van der Waals surface area contributed by atoms with Gasteiger partial charge in [-0.05, 0) is 47.9 Å². The number of benzene rings is 2. The third-order valence-electron chi connectivity index (χ3n) is 2.98. The Labute approximate surface area is 124 Å². The number of hydrogen-bond acceptors (Lipinski definition) is 3. The van der Waals surface area contributed by atoms with Gasteiger partial charge in [0.1, 0.15) is 0 Å². The van der Waals surface area contributed by atoms with Crippen LogP contribution in [0.1, 0.15) is 11.1 Å². The van der Waals surface area contributed by atoms with Gasteiger partial charge in [0.05, 0.1) is 0 Å². The van der Waals surface area contributed by atoms with E-state index in [-0.39, 0.29) is 0 Å². The van der Waals surface area contributed by atoms with Gasteiger partial charge in [-0.3, -0.25) is 0 Å². The first-order valence-electron chi connectivity index (χ1n) is 6.28. The normalized spacial score (nSPS) is 10.6. The lowest BCUT2D eigenvalue weighted by molar-refractivity contribution is 0.692. The molecule has 0 aromatic heterocycles. The zero-order chi connectivity index (χ0) is 13.5. The summed E-state index contributed by atoms with van der Waals surface area (Å²) in [6.45, 7) is 1.83. The molecule has 0 fully saturated rings. The molecule has 19 heavy (non-hydrogen) atoms. The first kappa shape index (κ1) is 14.5. The molecule has 100 valence electrons. The lowest BCUT2D eigenvalue weighted by Gasteiger charge is -2.06. The summed E-state index contributed by atoms with van der Waals surface area (Å²) in [6.07, 6.45) is 4.21. The van der Waals surface area contributed by atoms with Crippen molar-refractivity contribution in [2.45, 2.75) is 22.9 Å². The standard InChI is InChI=1S/C16H19NS2/c1-18-15-7-3-13(4-8-15)11-17-12-14-5-9-16(19-2)10-6-14/h3-10,17H,11-12H2,1-2H3. The van der Waals surface area contributed by atoms with Gasteiger partial charge < -0.3 is 5.32 Å². The Morgan fingerprint density at radius 1 is 0.684 bits per heavy atom. The molecule has 0 bridgehead atoms. The van der Waals surface area contributed by atoms with Gasteiger partial charge in [-0.25, -0.2) is 0 Å². The maximum absolute atomic E-state index is 3.48. The zero-order valence-electron chi connectivity index (χ0n) is 11.3. The average Bonchev–Trinajstić information content (AvgIpc) is 2.49. The summed E-state index contributed by atoms with van der Waals surface area (Å²) < 4.78 is 0. The number of hydrogen-bond donors (Lipinski definition) is 1. The second kappa shape index (κ2) is 7.63. The van der Waals surface area contributed by atoms with Crippen molar-refractivity contribution in [1.29, 1.82) is 0 Å². The molecule has 2 rings (SSSR count). The zero-order valence-corrected chi connectivity index (χ0v) is 13.0. The van der Waals surface area contributed by atoms with Gasteiger partial charge in [0.2, 0.25) is 0 Å². The molecule has 0 aliphatic rings. The van der Waals surface area contributed by atoms with Crippen molar-refractivity contribution >= 4 is 23.5 Å². The first-order valence-corrected chi connectivity index (χ1v) is 8.73. The van der Waals surface area contributed by atoms with Crippen LogP contribution in [0.25, 0.3) is 0 Å². The van der Waals surface area contributed by atoms with E-state index in [1.165, 1.54) is 20.9 Å². The van der Waals surface area contributed by atoms with Gasteiger partial charge in [-0.15, -0.1) is 23.5 Å². The van der Waals surface area contributed by atoms with E-state index >= 15 is 0 Å². The SMILES string of the molecule is CSc1ccc(CNCc2ccc(SC)cc2)cc1. The average molecular weight is 289 g/mol. The Bertz CT molecular complexity index is 444. The van der Waals surface area contributed by atoms with Crippen LogP contribution in [0.5, 0.6) is 0 Å². The van der Waals surface area contributed by atoms with E-state index in [1.807, 2.05) is 0 Å². The van der Waals surface area contributed by atoms with Crippen molar-refractivity contribution in [2.75, 3.05) is 12.5 Å². The largest absolute Gasteiger partial charge is 0.309 e. The van der Waals surface area contributed by atoms with Crippen molar-refractivity contribution in [1.82, 2.24) is 5.32 Å². The highest BCUT2D eigenvalue weighted by molar-refractivity contribution is 7.98. The lowest BCUT2D eigenvalue weighted by Crippen LogP contribution is -2.12. The third kappa shape index (κ3) is 4.60. The van der Waals surface area contributed by atoms with E-state index in [9.17, 15) is 0 Å². The van der Waals surface area contributed by atoms with Gasteiger partial charge >= 0.3 is 0 Å². The third-order valence-corrected chi connectivity index (χ3v) is 4.46. The van der Waals surface area contributed by atoms with E-state index in [4.69, 9.17) is 0 Å². The summed E-state index contributed by atoms with van der Waals surface area (Å²) in [6, 6.07) is 17.5. The molecule has 0 saturated heterocycles. The molecular weight excluding hydrogens is 270 g/mol. The predicted octanol–water partition coefficient (Wildman–Crippen LogP) is 4.42. The fourth-order valence-corrected chi connectivity index (χ4v) is 2.65. The molecular formula is C16H19NS2. The summed E-state index contributed by atoms with van der Waals surface area (Å²) in [5.74, 6) is 0. The van der Waals surface area contributed by atoms with Gasteiger partial charge in [-0.1, -0.05) is 24.3 Å². The fourth-order valence-electron chi connectivity index (χ4n) is 1.84. The minimum Gasteiger partial charge on any atom is -0.309 e. The minimum absolute atomic E-state index is 0.916. The number of rotatable bonds is 6. The molecule has 0 saturated carbocycles. The predicted molar refractivity (Wildman–Crippen MR) is 87.0 cm³/mol. The van der Waals surface area contributed by atoms with E-state index in [0.29, 0.717) is 0 Å². The second-order valence-corrected chi connectivity index (χ2v) is 6.06. The van der Waals surface area contributed by atoms with Crippen molar-refractivity contribution < 1.29 is 0 Å². The van der Waals surface area contributed by atoms with Gasteiger partial charge in [0.15, 0.2) is 0 Å². The minimum atomic E-state index is 0.916. The molecule has 1 N–H and O–H groups in total. The molecule has 0 amide bonds. The van der Waals surface area contributed by atoms with Crippen molar-refractivity contribution in [2.24, 2.45) is 0 Å². The van der Waals surface area contributed by atoms with Crippen molar-refractivity contribution in [3.63, 3.8) is 0 Å². The summed E-state index contributed by atoms with van der Waals surface area (Å²) in [4.78, 5) is 2.63. The quantitative estimate of drug-likeness (QED) is 0.791. The van der Waals surface area contributed by atoms with E-state index < -0.39 is 0 Å². The van der Waals surface area contributed by atoms with Crippen molar-refractivity contribution in [3.8, 4) is 0 Å². The van der Waals surface area contributed by atoms with Crippen LogP contribution in [0, 0.1) is 0 Å². The summed E-state index contributed by atoms with van der Waals surface area (Å²) >= 11 is 3.56. The van der Waals surface area contributed by atoms with Crippen LogP contribution in [-0.2, 0) is 13.1 Å². The molecule has 0 radical (unpaired) electrons. The molecule has 0 unspecified atom stereocenters. The Morgan fingerprint density at radius 2 is 1.05 bits per heavy atom. The van der Waals surface area contributed by atoms with Crippen LogP contribution in [0.2, 0.25) is 0 Å². The number of thioether (sulfide) groups is 2. The first-order chi connectivity index (χ1) is 9.31. The van der Waals surface area contributed by atoms with Gasteiger partial charge in [-0.2, -0.15) is 0 Å². The van der Waals surface area contributed by atoms with E-state index in [2.05, 4.69) is 66.4 Å². The summed E-state index contributed by atoms with van der Waals surface area (Å²) in [5, 5.41) is 3.48. The van der Waals surface area contributed by atoms with Crippen LogP contribution in [0.15, 0.2) is 58.3 Å². The Morgan fingerprint density at radius 3 is 1.37 bits per heavy atom. The van der Waals surface area contributed by atoms with Crippen LogP contribution in [-0.4, -0.2) is 12.5 Å². The van der Waals surface area contributed by atoms with Crippen LogP contribution < -0.4 is 5.32 Å². The monoisotopic (exact) mass is 289 g/mol. The molecule has 0 aliphatic carbocycles. The van der Waals surface area contributed by atoms with Crippen LogP contribution in [0.4, 0.5) is 0 Å². The Kier molecular flexibility index (Phi) is 5.83. The fraction of sp³-hybridized carbons (Fsp3) is 0.250. The maximum Gasteiger partial charge on any atom is 0.0208 e. The second-order valence-electron chi connectivity index (χ2n) is 4.30.